The Morgan fingerprint density at radius 3 is 1.61 bits per heavy atom. The van der Waals surface area contributed by atoms with E-state index in [0.29, 0.717) is 5.82 Å². The van der Waals surface area contributed by atoms with E-state index in [1.807, 2.05) is 30.3 Å². The van der Waals surface area contributed by atoms with E-state index in [1.165, 1.54) is 33.4 Å². The third kappa shape index (κ3) is 5.67. The number of nitrogens with zero attached hydrogens (tertiary/aromatic N) is 2. The van der Waals surface area contributed by atoms with Gasteiger partial charge >= 0.3 is 0 Å². The third-order valence-electron chi connectivity index (χ3n) is 12.6. The lowest BCUT2D eigenvalue weighted by molar-refractivity contribution is 0.670. The van der Waals surface area contributed by atoms with Crippen LogP contribution in [0.4, 0.5) is 0 Å². The Bertz CT molecular complexity index is 3430. The molecule has 0 aliphatic heterocycles. The SMILES string of the molecule is c1ccc(-c2nc(-c3cccc(-c4cccc(C5(c6ccccc6)c6ccccc6-c6ccccc65)c4)c3)cc(-c3ccccc3-c3cccc4c3oc3ccccc34)n2)cc1. The molecule has 0 bridgehead atoms. The summed E-state index contributed by atoms with van der Waals surface area (Å²) in [5.74, 6) is 0.672. The second-order valence-corrected chi connectivity index (χ2v) is 16.0. The Morgan fingerprint density at radius 1 is 0.323 bits per heavy atom. The zero-order chi connectivity index (χ0) is 41.0. The predicted molar refractivity (Wildman–Crippen MR) is 254 cm³/mol. The van der Waals surface area contributed by atoms with Crippen LogP contribution >= 0.6 is 0 Å². The molecule has 3 nitrogen and oxygen atoms in total. The zero-order valence-corrected chi connectivity index (χ0v) is 33.7. The van der Waals surface area contributed by atoms with E-state index >= 15 is 0 Å². The van der Waals surface area contributed by atoms with Gasteiger partial charge in [-0.05, 0) is 74.3 Å². The van der Waals surface area contributed by atoms with Crippen LogP contribution in [0.1, 0.15) is 22.3 Å². The highest BCUT2D eigenvalue weighted by atomic mass is 16.3. The molecule has 12 rings (SSSR count). The second kappa shape index (κ2) is 14.5. The molecule has 1 aliphatic rings. The molecule has 0 fully saturated rings. The number of aromatic nitrogens is 2. The fourth-order valence-corrected chi connectivity index (χ4v) is 9.85. The first kappa shape index (κ1) is 35.8. The number of furan rings is 1. The molecule has 3 heteroatoms. The van der Waals surface area contributed by atoms with Gasteiger partial charge < -0.3 is 4.42 Å². The minimum atomic E-state index is -0.478. The first-order valence-corrected chi connectivity index (χ1v) is 21.1. The summed E-state index contributed by atoms with van der Waals surface area (Å²) in [6.45, 7) is 0. The molecule has 0 amide bonds. The molecule has 290 valence electrons. The molecule has 0 N–H and O–H groups in total. The van der Waals surface area contributed by atoms with Crippen LogP contribution in [0.25, 0.3) is 89.2 Å². The lowest BCUT2D eigenvalue weighted by Gasteiger charge is -2.34. The van der Waals surface area contributed by atoms with Gasteiger partial charge in [0.05, 0.1) is 16.8 Å². The fourth-order valence-electron chi connectivity index (χ4n) is 9.85. The molecular formula is C59H38N2O. The van der Waals surface area contributed by atoms with Gasteiger partial charge in [-0.3, -0.25) is 0 Å². The van der Waals surface area contributed by atoms with Crippen molar-refractivity contribution in [2.24, 2.45) is 0 Å². The largest absolute Gasteiger partial charge is 0.455 e. The molecule has 0 spiro atoms. The van der Waals surface area contributed by atoms with Gasteiger partial charge in [-0.1, -0.05) is 206 Å². The summed E-state index contributed by atoms with van der Waals surface area (Å²) in [5.41, 5.74) is 17.9. The van der Waals surface area contributed by atoms with Crippen molar-refractivity contribution in [2.45, 2.75) is 5.41 Å². The van der Waals surface area contributed by atoms with E-state index in [1.54, 1.807) is 0 Å². The Balaban J connectivity index is 1.01. The average Bonchev–Trinajstić information content (AvgIpc) is 3.89. The van der Waals surface area contributed by atoms with Crippen molar-refractivity contribution in [1.29, 1.82) is 0 Å². The summed E-state index contributed by atoms with van der Waals surface area (Å²) in [7, 11) is 0. The van der Waals surface area contributed by atoms with Gasteiger partial charge in [0.1, 0.15) is 11.2 Å². The highest BCUT2D eigenvalue weighted by Crippen LogP contribution is 2.56. The number of para-hydroxylation sites is 2. The van der Waals surface area contributed by atoms with Crippen LogP contribution in [0.5, 0.6) is 0 Å². The first-order valence-electron chi connectivity index (χ1n) is 21.1. The number of fused-ring (bicyclic) bond motifs is 6. The Labute approximate surface area is 360 Å². The maximum Gasteiger partial charge on any atom is 0.160 e. The van der Waals surface area contributed by atoms with Gasteiger partial charge in [-0.15, -0.1) is 0 Å². The van der Waals surface area contributed by atoms with Gasteiger partial charge in [0.25, 0.3) is 0 Å². The maximum absolute atomic E-state index is 6.54. The maximum atomic E-state index is 6.54. The Morgan fingerprint density at radius 2 is 0.839 bits per heavy atom. The topological polar surface area (TPSA) is 38.9 Å². The van der Waals surface area contributed by atoms with Crippen molar-refractivity contribution in [1.82, 2.24) is 9.97 Å². The number of rotatable bonds is 7. The molecule has 0 saturated carbocycles. The van der Waals surface area contributed by atoms with Crippen molar-refractivity contribution in [2.75, 3.05) is 0 Å². The molecule has 0 atom stereocenters. The van der Waals surface area contributed by atoms with Crippen LogP contribution in [-0.2, 0) is 5.41 Å². The van der Waals surface area contributed by atoms with Crippen molar-refractivity contribution in [3.05, 3.63) is 253 Å². The summed E-state index contributed by atoms with van der Waals surface area (Å²) < 4.78 is 6.54. The molecule has 62 heavy (non-hydrogen) atoms. The molecule has 1 aliphatic carbocycles. The van der Waals surface area contributed by atoms with Crippen LogP contribution in [0, 0.1) is 0 Å². The number of benzene rings is 9. The Kier molecular flexibility index (Phi) is 8.39. The van der Waals surface area contributed by atoms with Gasteiger partial charge in [0.2, 0.25) is 0 Å². The smallest absolute Gasteiger partial charge is 0.160 e. The molecular weight excluding hydrogens is 753 g/mol. The van der Waals surface area contributed by atoms with Gasteiger partial charge in [-0.25, -0.2) is 9.97 Å². The highest BCUT2D eigenvalue weighted by Gasteiger charge is 2.45. The first-order chi connectivity index (χ1) is 30.7. The van der Waals surface area contributed by atoms with Crippen LogP contribution in [-0.4, -0.2) is 9.97 Å². The van der Waals surface area contributed by atoms with E-state index in [0.717, 1.165) is 72.3 Å². The quantitative estimate of drug-likeness (QED) is 0.161. The van der Waals surface area contributed by atoms with Crippen LogP contribution in [0.3, 0.4) is 0 Å². The van der Waals surface area contributed by atoms with E-state index < -0.39 is 5.41 Å². The Hall–Kier alpha value is -8.14. The van der Waals surface area contributed by atoms with Crippen molar-refractivity contribution >= 4 is 21.9 Å². The van der Waals surface area contributed by atoms with Gasteiger partial charge in [-0.2, -0.15) is 0 Å². The standard InChI is InChI=1S/C59H38N2O/c1-3-18-39(19-4-1)58-60-54(38-55(61-58)48-29-8-7-26-45(48)50-31-17-32-51-49-30-11-14-35-56(49)62-57(50)51)42-22-15-20-40(36-42)41-21-16-25-44(37-41)59(43-23-5-2-6-24-43)52-33-12-9-27-46(52)47-28-10-13-34-53(47)59/h1-38H. The van der Waals surface area contributed by atoms with E-state index in [4.69, 9.17) is 14.4 Å². The summed E-state index contributed by atoms with van der Waals surface area (Å²) in [6.07, 6.45) is 0. The number of hydrogen-bond acceptors (Lipinski definition) is 3. The lowest BCUT2D eigenvalue weighted by atomic mass is 9.67. The molecule has 0 saturated heterocycles. The van der Waals surface area contributed by atoms with Crippen LogP contribution in [0.15, 0.2) is 235 Å². The lowest BCUT2D eigenvalue weighted by Crippen LogP contribution is -2.28. The predicted octanol–water partition coefficient (Wildman–Crippen LogP) is 15.1. The second-order valence-electron chi connectivity index (χ2n) is 16.0. The summed E-state index contributed by atoms with van der Waals surface area (Å²) in [5, 5.41) is 2.20. The molecule has 0 radical (unpaired) electrons. The van der Waals surface area contributed by atoms with E-state index in [-0.39, 0.29) is 0 Å². The van der Waals surface area contributed by atoms with Gasteiger partial charge in [0, 0.05) is 33.0 Å². The van der Waals surface area contributed by atoms with E-state index in [9.17, 15) is 0 Å². The zero-order valence-electron chi connectivity index (χ0n) is 33.7. The third-order valence-corrected chi connectivity index (χ3v) is 12.6. The summed E-state index contributed by atoms with van der Waals surface area (Å²) in [4.78, 5) is 10.5. The van der Waals surface area contributed by atoms with Gasteiger partial charge in [0.15, 0.2) is 5.82 Å². The minimum Gasteiger partial charge on any atom is -0.455 e. The summed E-state index contributed by atoms with van der Waals surface area (Å²) >= 11 is 0. The highest BCUT2D eigenvalue weighted by molar-refractivity contribution is 6.10. The minimum absolute atomic E-state index is 0.478. The molecule has 9 aromatic carbocycles. The van der Waals surface area contributed by atoms with E-state index in [2.05, 4.69) is 200 Å². The van der Waals surface area contributed by atoms with Crippen LogP contribution < -0.4 is 0 Å². The molecule has 2 heterocycles. The summed E-state index contributed by atoms with van der Waals surface area (Å²) in [6, 6.07) is 82.2. The normalized spacial score (nSPS) is 12.6. The van der Waals surface area contributed by atoms with Crippen molar-refractivity contribution in [3.8, 4) is 67.3 Å². The number of hydrogen-bond donors (Lipinski definition) is 0. The fraction of sp³-hybridized carbons (Fsp3) is 0.0169. The average molecular weight is 791 g/mol. The van der Waals surface area contributed by atoms with Crippen molar-refractivity contribution in [3.63, 3.8) is 0 Å². The van der Waals surface area contributed by atoms with Crippen LogP contribution in [0.2, 0.25) is 0 Å². The molecule has 11 aromatic rings. The van der Waals surface area contributed by atoms with Crippen molar-refractivity contribution < 1.29 is 4.42 Å². The molecule has 2 aromatic heterocycles. The monoisotopic (exact) mass is 790 g/mol. The molecule has 0 unspecified atom stereocenters.